The monoisotopic (exact) mass is 957 g/mol. The molecule has 0 N–H and O–H groups in total. The first-order chi connectivity index (χ1) is 34.0. The van der Waals surface area contributed by atoms with Crippen molar-refractivity contribution in [2.75, 3.05) is 13.2 Å². The van der Waals surface area contributed by atoms with E-state index in [0.29, 0.717) is 19.3 Å². The van der Waals surface area contributed by atoms with E-state index in [4.69, 9.17) is 14.2 Å². The van der Waals surface area contributed by atoms with Gasteiger partial charge >= 0.3 is 17.9 Å². The molecular formula is C63H104O6. The maximum atomic E-state index is 12.9. The molecule has 0 saturated heterocycles. The van der Waals surface area contributed by atoms with E-state index in [1.807, 2.05) is 0 Å². The topological polar surface area (TPSA) is 78.9 Å². The third kappa shape index (κ3) is 54.9. The number of esters is 3. The average Bonchev–Trinajstić information content (AvgIpc) is 3.35. The Morgan fingerprint density at radius 3 is 0.971 bits per heavy atom. The van der Waals surface area contributed by atoms with Crippen molar-refractivity contribution in [2.24, 2.45) is 0 Å². The molecule has 0 aliphatic heterocycles. The summed E-state index contributed by atoms with van der Waals surface area (Å²) in [6, 6.07) is 0. The predicted molar refractivity (Wildman–Crippen MR) is 297 cm³/mol. The molecule has 0 aliphatic carbocycles. The Kier molecular flexibility index (Phi) is 53.4. The lowest BCUT2D eigenvalue weighted by atomic mass is 10.1. The van der Waals surface area contributed by atoms with E-state index in [0.717, 1.165) is 109 Å². The van der Waals surface area contributed by atoms with Crippen LogP contribution in [0.25, 0.3) is 0 Å². The number of allylic oxidation sites excluding steroid dienone is 18. The zero-order valence-electron chi connectivity index (χ0n) is 44.8. The second kappa shape index (κ2) is 56.7. The van der Waals surface area contributed by atoms with Crippen molar-refractivity contribution in [2.45, 2.75) is 258 Å². The van der Waals surface area contributed by atoms with Crippen LogP contribution in [0.1, 0.15) is 252 Å². The summed E-state index contributed by atoms with van der Waals surface area (Å²) >= 11 is 0. The SMILES string of the molecule is CC/C=C\C/C=C\C/C=C\C/C=C\C/C=C\CCCCCC(=O)OC[C@@H](COC(=O)CCCC/C=C\C/C=C\C/C=C\CCCCC)OC(=O)CCCCCCCCC/C=C\CCCCCCCC. The Labute approximate surface area is 425 Å². The van der Waals surface area contributed by atoms with Crippen LogP contribution in [0.2, 0.25) is 0 Å². The van der Waals surface area contributed by atoms with Gasteiger partial charge in [0.2, 0.25) is 0 Å². The van der Waals surface area contributed by atoms with Crippen LogP contribution in [0.4, 0.5) is 0 Å². The Morgan fingerprint density at radius 1 is 0.304 bits per heavy atom. The fourth-order valence-electron chi connectivity index (χ4n) is 7.47. The third-order valence-corrected chi connectivity index (χ3v) is 11.7. The van der Waals surface area contributed by atoms with Gasteiger partial charge in [-0.05, 0) is 128 Å². The molecule has 6 nitrogen and oxygen atoms in total. The van der Waals surface area contributed by atoms with E-state index < -0.39 is 6.10 Å². The highest BCUT2D eigenvalue weighted by molar-refractivity contribution is 5.71. The molecule has 0 rings (SSSR count). The van der Waals surface area contributed by atoms with E-state index in [9.17, 15) is 14.4 Å². The molecule has 392 valence electrons. The van der Waals surface area contributed by atoms with Gasteiger partial charge in [0.25, 0.3) is 0 Å². The number of unbranched alkanes of at least 4 members (excludes halogenated alkanes) is 21. The lowest BCUT2D eigenvalue weighted by molar-refractivity contribution is -0.167. The largest absolute Gasteiger partial charge is 0.462 e. The molecular weight excluding hydrogens is 853 g/mol. The number of carbonyl (C=O) groups excluding carboxylic acids is 3. The summed E-state index contributed by atoms with van der Waals surface area (Å²) in [7, 11) is 0. The maximum Gasteiger partial charge on any atom is 0.306 e. The van der Waals surface area contributed by atoms with E-state index in [-0.39, 0.29) is 31.1 Å². The second-order valence-electron chi connectivity index (χ2n) is 18.5. The number of carbonyl (C=O) groups is 3. The average molecular weight is 958 g/mol. The van der Waals surface area contributed by atoms with Crippen molar-refractivity contribution >= 4 is 17.9 Å². The number of hydrogen-bond donors (Lipinski definition) is 0. The predicted octanol–water partition coefficient (Wildman–Crippen LogP) is 19.1. The minimum atomic E-state index is -0.812. The van der Waals surface area contributed by atoms with Crippen LogP contribution in [-0.4, -0.2) is 37.2 Å². The van der Waals surface area contributed by atoms with Gasteiger partial charge in [0.1, 0.15) is 13.2 Å². The molecule has 0 bridgehead atoms. The van der Waals surface area contributed by atoms with Crippen molar-refractivity contribution in [3.63, 3.8) is 0 Å². The minimum Gasteiger partial charge on any atom is -0.462 e. The van der Waals surface area contributed by atoms with E-state index >= 15 is 0 Å². The second-order valence-corrected chi connectivity index (χ2v) is 18.5. The summed E-state index contributed by atoms with van der Waals surface area (Å²) in [6.45, 7) is 6.43. The summed E-state index contributed by atoms with van der Waals surface area (Å²) in [4.78, 5) is 38.1. The van der Waals surface area contributed by atoms with Crippen LogP contribution in [0.15, 0.2) is 109 Å². The molecule has 0 fully saturated rings. The van der Waals surface area contributed by atoms with Gasteiger partial charge in [-0.2, -0.15) is 0 Å². The first-order valence-electron chi connectivity index (χ1n) is 28.4. The van der Waals surface area contributed by atoms with Crippen LogP contribution in [0.3, 0.4) is 0 Å². The Bertz CT molecular complexity index is 1420. The van der Waals surface area contributed by atoms with Crippen molar-refractivity contribution in [1.29, 1.82) is 0 Å². The van der Waals surface area contributed by atoms with Gasteiger partial charge in [-0.3, -0.25) is 14.4 Å². The van der Waals surface area contributed by atoms with Gasteiger partial charge in [0.05, 0.1) is 0 Å². The molecule has 0 aliphatic rings. The summed E-state index contributed by atoms with van der Waals surface area (Å²) in [6.07, 6.45) is 76.5. The Hall–Kier alpha value is -3.93. The first kappa shape index (κ1) is 65.1. The van der Waals surface area contributed by atoms with E-state index in [2.05, 4.69) is 130 Å². The van der Waals surface area contributed by atoms with Crippen LogP contribution >= 0.6 is 0 Å². The zero-order chi connectivity index (χ0) is 50.0. The molecule has 0 heterocycles. The fourth-order valence-corrected chi connectivity index (χ4v) is 7.47. The highest BCUT2D eigenvalue weighted by Gasteiger charge is 2.19. The lowest BCUT2D eigenvalue weighted by Gasteiger charge is -2.18. The Balaban J connectivity index is 4.52. The molecule has 0 aromatic rings. The molecule has 0 radical (unpaired) electrons. The molecule has 1 atom stereocenters. The Morgan fingerprint density at radius 2 is 0.565 bits per heavy atom. The molecule has 0 aromatic carbocycles. The van der Waals surface area contributed by atoms with Crippen molar-refractivity contribution in [3.8, 4) is 0 Å². The quantitative estimate of drug-likeness (QED) is 0.0262. The van der Waals surface area contributed by atoms with Gasteiger partial charge < -0.3 is 14.2 Å². The van der Waals surface area contributed by atoms with Gasteiger partial charge in [-0.1, -0.05) is 214 Å². The van der Waals surface area contributed by atoms with Gasteiger partial charge in [-0.15, -0.1) is 0 Å². The molecule has 0 unspecified atom stereocenters. The third-order valence-electron chi connectivity index (χ3n) is 11.7. The minimum absolute atomic E-state index is 0.111. The summed E-state index contributed by atoms with van der Waals surface area (Å²) in [5.74, 6) is -0.983. The normalized spacial score (nSPS) is 12.9. The molecule has 69 heavy (non-hydrogen) atoms. The highest BCUT2D eigenvalue weighted by atomic mass is 16.6. The molecule has 0 spiro atoms. The van der Waals surface area contributed by atoms with Gasteiger partial charge in [-0.25, -0.2) is 0 Å². The molecule has 0 saturated carbocycles. The highest BCUT2D eigenvalue weighted by Crippen LogP contribution is 2.14. The number of ether oxygens (including phenoxy) is 3. The standard InChI is InChI=1S/C63H104O6/c1-4-7-10-13-16-19-22-25-28-30-31-33-35-38-41-44-47-50-53-56-62(65)68-59-60(58-67-61(64)55-52-49-46-43-40-37-34-27-24-21-18-15-12-9-6-3)69-63(66)57-54-51-48-45-42-39-36-32-29-26-23-20-17-14-11-8-5-2/h7,10,16,18-19,21,25-29,31,33-34,38,40-41,43,60H,4-6,8-9,11-15,17,20,22-24,30,32,35-37,39,42,44-59H2,1-3H3/b10-7-,19-16-,21-18-,28-25-,29-26-,33-31-,34-27-,41-38-,43-40-/t60-/m1/s1. The van der Waals surface area contributed by atoms with Crippen LogP contribution in [0.5, 0.6) is 0 Å². The number of hydrogen-bond acceptors (Lipinski definition) is 6. The maximum absolute atomic E-state index is 12.9. The van der Waals surface area contributed by atoms with Crippen LogP contribution < -0.4 is 0 Å². The summed E-state index contributed by atoms with van der Waals surface area (Å²) in [5, 5.41) is 0. The molecule has 6 heteroatoms. The molecule has 0 aromatic heterocycles. The van der Waals surface area contributed by atoms with Crippen LogP contribution in [0, 0.1) is 0 Å². The van der Waals surface area contributed by atoms with Crippen molar-refractivity contribution in [1.82, 2.24) is 0 Å². The van der Waals surface area contributed by atoms with E-state index in [1.165, 1.54) is 103 Å². The summed E-state index contributed by atoms with van der Waals surface area (Å²) in [5.41, 5.74) is 0. The van der Waals surface area contributed by atoms with Crippen LogP contribution in [-0.2, 0) is 28.6 Å². The van der Waals surface area contributed by atoms with Gasteiger partial charge in [0.15, 0.2) is 6.10 Å². The summed E-state index contributed by atoms with van der Waals surface area (Å²) < 4.78 is 16.8. The number of rotatable bonds is 50. The fraction of sp³-hybridized carbons (Fsp3) is 0.667. The smallest absolute Gasteiger partial charge is 0.306 e. The van der Waals surface area contributed by atoms with E-state index in [1.54, 1.807) is 0 Å². The van der Waals surface area contributed by atoms with Gasteiger partial charge in [0, 0.05) is 19.3 Å². The zero-order valence-corrected chi connectivity index (χ0v) is 44.8. The molecule has 0 amide bonds. The lowest BCUT2D eigenvalue weighted by Crippen LogP contribution is -2.30. The van der Waals surface area contributed by atoms with Crippen molar-refractivity contribution < 1.29 is 28.6 Å². The first-order valence-corrected chi connectivity index (χ1v) is 28.4. The van der Waals surface area contributed by atoms with Crippen molar-refractivity contribution in [3.05, 3.63) is 109 Å².